The lowest BCUT2D eigenvalue weighted by atomic mass is 10.1. The molecule has 2 amide bonds. The second-order valence-electron chi connectivity index (χ2n) is 7.20. The molecule has 1 saturated heterocycles. The summed E-state index contributed by atoms with van der Waals surface area (Å²) in [6, 6.07) is 14.8. The summed E-state index contributed by atoms with van der Waals surface area (Å²) >= 11 is 3.24. The fraction of sp³-hybridized carbons (Fsp3) is 0.0435. The van der Waals surface area contributed by atoms with Crippen LogP contribution in [-0.2, 0) is 15.8 Å². The van der Waals surface area contributed by atoms with Crippen molar-refractivity contribution in [3.63, 3.8) is 0 Å². The van der Waals surface area contributed by atoms with Crippen LogP contribution in [0, 0.1) is 10.1 Å². The van der Waals surface area contributed by atoms with Gasteiger partial charge in [0.25, 0.3) is 11.8 Å². The van der Waals surface area contributed by atoms with Gasteiger partial charge < -0.3 is 4.74 Å². The number of rotatable bonds is 5. The van der Waals surface area contributed by atoms with Gasteiger partial charge >= 0.3 is 11.9 Å². The molecule has 0 unspecified atom stereocenters. The number of hydrogen-bond acceptors (Lipinski definition) is 5. The number of alkyl halides is 3. The van der Waals surface area contributed by atoms with Gasteiger partial charge in [-0.3, -0.25) is 25.1 Å². The quantitative estimate of drug-likeness (QED) is 0.193. The maximum atomic E-state index is 12.9. The van der Waals surface area contributed by atoms with Gasteiger partial charge in [-0.15, -0.1) is 0 Å². The third-order valence-corrected chi connectivity index (χ3v) is 5.50. The first-order valence-electron chi connectivity index (χ1n) is 9.80. The molecule has 0 saturated carbocycles. The minimum absolute atomic E-state index is 0.0723. The fourth-order valence-electron chi connectivity index (χ4n) is 3.21. The summed E-state index contributed by atoms with van der Waals surface area (Å²) in [4.78, 5) is 35.4. The Morgan fingerprint density at radius 1 is 1.00 bits per heavy atom. The smallest absolute Gasteiger partial charge is 0.416 e. The average Bonchev–Trinajstić information content (AvgIpc) is 3.09. The van der Waals surface area contributed by atoms with E-state index in [1.54, 1.807) is 30.3 Å². The van der Waals surface area contributed by atoms with E-state index in [0.717, 1.165) is 11.1 Å². The zero-order valence-corrected chi connectivity index (χ0v) is 19.0. The number of amides is 2. The SMILES string of the molecule is O=C1NN(c2ccccc2)C(=O)/C1=C/c1ccc(Oc2ccc(C(F)(F)F)cc2[N+](=O)[O-])c(Br)c1. The first kappa shape index (κ1) is 24.0. The summed E-state index contributed by atoms with van der Waals surface area (Å²) in [7, 11) is 0. The monoisotopic (exact) mass is 547 g/mol. The molecule has 0 radical (unpaired) electrons. The zero-order chi connectivity index (χ0) is 25.3. The molecule has 35 heavy (non-hydrogen) atoms. The van der Waals surface area contributed by atoms with E-state index in [-0.39, 0.29) is 15.8 Å². The second kappa shape index (κ2) is 9.22. The number of nitrogens with zero attached hydrogens (tertiary/aromatic N) is 2. The Labute approximate surface area is 203 Å². The summed E-state index contributed by atoms with van der Waals surface area (Å²) in [5.41, 5.74) is 1.24. The zero-order valence-electron chi connectivity index (χ0n) is 17.4. The number of nitrogens with one attached hydrogen (secondary N) is 1. The molecule has 178 valence electrons. The van der Waals surface area contributed by atoms with Gasteiger partial charge in [-0.1, -0.05) is 24.3 Å². The molecule has 8 nitrogen and oxygen atoms in total. The first-order valence-corrected chi connectivity index (χ1v) is 10.6. The number of carbonyl (C=O) groups is 2. The lowest BCUT2D eigenvalue weighted by Crippen LogP contribution is -2.35. The number of hydrogen-bond donors (Lipinski definition) is 1. The molecule has 0 atom stereocenters. The van der Waals surface area contributed by atoms with Crippen molar-refractivity contribution in [1.29, 1.82) is 0 Å². The van der Waals surface area contributed by atoms with Gasteiger partial charge in [0.05, 0.1) is 20.6 Å². The summed E-state index contributed by atoms with van der Waals surface area (Å²) in [5, 5.41) is 12.4. The number of carbonyl (C=O) groups excluding carboxylic acids is 2. The molecule has 3 aromatic rings. The number of anilines is 1. The minimum Gasteiger partial charge on any atom is -0.449 e. The molecule has 0 spiro atoms. The maximum Gasteiger partial charge on any atom is 0.416 e. The van der Waals surface area contributed by atoms with Gasteiger partial charge in [0, 0.05) is 6.07 Å². The van der Waals surface area contributed by atoms with Gasteiger partial charge in [-0.25, -0.2) is 5.01 Å². The van der Waals surface area contributed by atoms with E-state index >= 15 is 0 Å². The third-order valence-electron chi connectivity index (χ3n) is 4.88. The third kappa shape index (κ3) is 5.01. The Balaban J connectivity index is 1.59. The predicted octanol–water partition coefficient (Wildman–Crippen LogP) is 5.63. The summed E-state index contributed by atoms with van der Waals surface area (Å²) in [6.07, 6.45) is -3.39. The molecule has 3 aromatic carbocycles. The summed E-state index contributed by atoms with van der Waals surface area (Å²) in [5.74, 6) is -1.48. The number of halogens is 4. The number of para-hydroxylation sites is 1. The topological polar surface area (TPSA) is 102 Å². The van der Waals surface area contributed by atoms with Crippen LogP contribution in [0.1, 0.15) is 11.1 Å². The van der Waals surface area contributed by atoms with Gasteiger partial charge in [0.2, 0.25) is 5.75 Å². The van der Waals surface area contributed by atoms with Crippen molar-refractivity contribution in [3.05, 3.63) is 98.0 Å². The molecule has 4 rings (SSSR count). The van der Waals surface area contributed by atoms with Crippen molar-refractivity contribution in [2.45, 2.75) is 6.18 Å². The van der Waals surface area contributed by atoms with Crippen LogP contribution in [-0.4, -0.2) is 16.7 Å². The largest absolute Gasteiger partial charge is 0.449 e. The van der Waals surface area contributed by atoms with E-state index in [9.17, 15) is 32.9 Å². The minimum atomic E-state index is -4.75. The van der Waals surface area contributed by atoms with E-state index in [4.69, 9.17) is 4.74 Å². The molecule has 1 aliphatic heterocycles. The second-order valence-corrected chi connectivity index (χ2v) is 8.06. The molecule has 1 aliphatic rings. The van der Waals surface area contributed by atoms with Crippen LogP contribution in [0.3, 0.4) is 0 Å². The van der Waals surface area contributed by atoms with Gasteiger partial charge in [0.15, 0.2) is 0 Å². The van der Waals surface area contributed by atoms with Gasteiger partial charge in [0.1, 0.15) is 11.3 Å². The van der Waals surface area contributed by atoms with Crippen molar-refractivity contribution >= 4 is 45.2 Å². The van der Waals surface area contributed by atoms with Crippen molar-refractivity contribution in [3.8, 4) is 11.5 Å². The van der Waals surface area contributed by atoms with Crippen LogP contribution in [0.25, 0.3) is 6.08 Å². The molecule has 12 heteroatoms. The molecular weight excluding hydrogens is 535 g/mol. The number of benzene rings is 3. The number of nitro groups is 1. The van der Waals surface area contributed by atoms with E-state index in [2.05, 4.69) is 21.4 Å². The van der Waals surface area contributed by atoms with Crippen LogP contribution in [0.5, 0.6) is 11.5 Å². The number of nitro benzene ring substituents is 1. The lowest BCUT2D eigenvalue weighted by Gasteiger charge is -2.13. The Bertz CT molecular complexity index is 1380. The Morgan fingerprint density at radius 3 is 2.31 bits per heavy atom. The van der Waals surface area contributed by atoms with Gasteiger partial charge in [-0.05, 0) is 64.0 Å². The van der Waals surface area contributed by atoms with Crippen LogP contribution >= 0.6 is 15.9 Å². The van der Waals surface area contributed by atoms with Crippen LogP contribution in [0.4, 0.5) is 24.5 Å². The standard InChI is InChI=1S/C23H13BrF3N3O5/c24-17-11-13(10-16-21(31)28-29(22(16)32)15-4-2-1-3-5-15)6-8-19(17)35-20-9-7-14(23(25,26)27)12-18(20)30(33)34/h1-12H,(H,28,31)/b16-10+. The van der Waals surface area contributed by atoms with Crippen molar-refractivity contribution in [2.75, 3.05) is 5.01 Å². The summed E-state index contributed by atoms with van der Waals surface area (Å²) in [6.45, 7) is 0. The van der Waals surface area contributed by atoms with Crippen LogP contribution in [0.2, 0.25) is 0 Å². The molecule has 1 N–H and O–H groups in total. The molecule has 0 bridgehead atoms. The number of hydrazine groups is 1. The Morgan fingerprint density at radius 2 is 1.69 bits per heavy atom. The highest BCUT2D eigenvalue weighted by atomic mass is 79.9. The molecular formula is C23H13BrF3N3O5. The van der Waals surface area contributed by atoms with Crippen molar-refractivity contribution < 1.29 is 32.4 Å². The highest BCUT2D eigenvalue weighted by Crippen LogP contribution is 2.39. The van der Waals surface area contributed by atoms with Crippen molar-refractivity contribution in [1.82, 2.24) is 5.43 Å². The van der Waals surface area contributed by atoms with Crippen LogP contribution in [0.15, 0.2) is 76.8 Å². The molecule has 1 fully saturated rings. The normalized spacial score (nSPS) is 14.9. The lowest BCUT2D eigenvalue weighted by molar-refractivity contribution is -0.385. The molecule has 0 aromatic heterocycles. The highest BCUT2D eigenvalue weighted by Gasteiger charge is 2.35. The average molecular weight is 548 g/mol. The van der Waals surface area contributed by atoms with E-state index in [1.165, 1.54) is 24.3 Å². The van der Waals surface area contributed by atoms with Gasteiger partial charge in [-0.2, -0.15) is 13.2 Å². The molecule has 1 heterocycles. The van der Waals surface area contributed by atoms with E-state index < -0.39 is 39.9 Å². The maximum absolute atomic E-state index is 12.9. The fourth-order valence-corrected chi connectivity index (χ4v) is 3.69. The Kier molecular flexibility index (Phi) is 6.31. The Hall–Kier alpha value is -4.19. The number of ether oxygens (including phenoxy) is 1. The summed E-state index contributed by atoms with van der Waals surface area (Å²) < 4.78 is 44.5. The van der Waals surface area contributed by atoms with Crippen molar-refractivity contribution in [2.24, 2.45) is 0 Å². The van der Waals surface area contributed by atoms with E-state index in [0.29, 0.717) is 23.4 Å². The first-order chi connectivity index (χ1) is 16.5. The molecule has 0 aliphatic carbocycles. The predicted molar refractivity (Wildman–Crippen MR) is 122 cm³/mol. The van der Waals surface area contributed by atoms with Crippen LogP contribution < -0.4 is 15.2 Å². The van der Waals surface area contributed by atoms with E-state index in [1.807, 2.05) is 0 Å². The highest BCUT2D eigenvalue weighted by molar-refractivity contribution is 9.10.